The quantitative estimate of drug-likeness (QED) is 0.483. The predicted molar refractivity (Wildman–Crippen MR) is 89.6 cm³/mol. The van der Waals surface area contributed by atoms with Gasteiger partial charge < -0.3 is 24.4 Å². The average Bonchev–Trinajstić information content (AvgIpc) is 3.22. The van der Waals surface area contributed by atoms with Crippen LogP contribution in [0.25, 0.3) is 0 Å². The molecule has 27 heavy (non-hydrogen) atoms. The van der Waals surface area contributed by atoms with Gasteiger partial charge in [0.15, 0.2) is 11.2 Å². The highest BCUT2D eigenvalue weighted by Crippen LogP contribution is 2.82. The molecule has 4 aliphatic heterocycles. The largest absolute Gasteiger partial charge is 0.511 e. The van der Waals surface area contributed by atoms with E-state index in [9.17, 15) is 19.8 Å². The summed E-state index contributed by atoms with van der Waals surface area (Å²) >= 11 is 0. The summed E-state index contributed by atoms with van der Waals surface area (Å²) in [5, 5.41) is 22.2. The highest BCUT2D eigenvalue weighted by molar-refractivity contribution is 6.00. The number of hydrogen-bond acceptors (Lipinski definition) is 7. The molecule has 4 saturated heterocycles. The summed E-state index contributed by atoms with van der Waals surface area (Å²) in [4.78, 5) is 26.5. The van der Waals surface area contributed by atoms with Gasteiger partial charge in [0, 0.05) is 18.3 Å². The van der Waals surface area contributed by atoms with E-state index >= 15 is 0 Å². The fourth-order valence-electron chi connectivity index (χ4n) is 7.21. The molecule has 9 unspecified atom stereocenters. The van der Waals surface area contributed by atoms with E-state index in [1.165, 1.54) is 0 Å². The van der Waals surface area contributed by atoms with Crippen LogP contribution in [-0.4, -0.2) is 56.1 Å². The highest BCUT2D eigenvalue weighted by Gasteiger charge is 3.00. The Morgan fingerprint density at radius 2 is 1.85 bits per heavy atom. The van der Waals surface area contributed by atoms with Crippen molar-refractivity contribution in [2.24, 2.45) is 17.8 Å². The summed E-state index contributed by atoms with van der Waals surface area (Å²) in [5.41, 5.74) is -5.79. The number of aliphatic hydroxyl groups excluding tert-OH is 1. The lowest BCUT2D eigenvalue weighted by Crippen LogP contribution is -2.80. The summed E-state index contributed by atoms with van der Waals surface area (Å²) in [6.07, 6.45) is 0.544. The van der Waals surface area contributed by atoms with Gasteiger partial charge in [0.25, 0.3) is 0 Å². The summed E-state index contributed by atoms with van der Waals surface area (Å²) in [6, 6.07) is 0. The van der Waals surface area contributed by atoms with E-state index in [2.05, 4.69) is 0 Å². The second-order valence-electron chi connectivity index (χ2n) is 9.96. The number of ketones is 1. The topological polar surface area (TPSA) is 106 Å². The molecule has 0 aromatic carbocycles. The van der Waals surface area contributed by atoms with Gasteiger partial charge in [-0.3, -0.25) is 4.79 Å². The maximum atomic E-state index is 13.4. The number of aliphatic hydroxyl groups is 2. The van der Waals surface area contributed by atoms with Crippen molar-refractivity contribution >= 4 is 11.8 Å². The van der Waals surface area contributed by atoms with Gasteiger partial charge in [-0.2, -0.15) is 0 Å². The van der Waals surface area contributed by atoms with Crippen molar-refractivity contribution < 1.29 is 34.0 Å². The van der Waals surface area contributed by atoms with Gasteiger partial charge in [-0.15, -0.1) is 0 Å². The van der Waals surface area contributed by atoms with Crippen LogP contribution in [0, 0.1) is 17.8 Å². The number of fused-ring (bicyclic) bond motifs is 1. The van der Waals surface area contributed by atoms with Crippen LogP contribution in [-0.2, 0) is 23.8 Å². The first kappa shape index (κ1) is 16.5. The Balaban J connectivity index is 1.72. The standard InChI is InChI=1S/C20H24O7/c1-8-5-9(2)13(22)11-14(23)25-19-7-16(3,24)17(4)15-18(19,26-15)6-10(12(8)21)20(11,19)27-17/h8-10,15,22,24H,5-7H2,1-4H3. The van der Waals surface area contributed by atoms with Crippen LogP contribution in [0.15, 0.2) is 11.3 Å². The Hall–Kier alpha value is -1.44. The van der Waals surface area contributed by atoms with Crippen LogP contribution in [0.3, 0.4) is 0 Å². The molecule has 7 heteroatoms. The lowest BCUT2D eigenvalue weighted by Gasteiger charge is -2.61. The van der Waals surface area contributed by atoms with E-state index in [0.29, 0.717) is 12.8 Å². The molecule has 2 N–H and O–H groups in total. The molecule has 6 fully saturated rings. The summed E-state index contributed by atoms with van der Waals surface area (Å²) < 4.78 is 18.7. The Morgan fingerprint density at radius 3 is 2.56 bits per heavy atom. The van der Waals surface area contributed by atoms with Crippen molar-refractivity contribution in [2.75, 3.05) is 0 Å². The molecule has 2 saturated carbocycles. The first-order valence-electron chi connectivity index (χ1n) is 9.78. The minimum atomic E-state index is -1.39. The summed E-state index contributed by atoms with van der Waals surface area (Å²) in [6.45, 7) is 7.12. The van der Waals surface area contributed by atoms with Crippen LogP contribution in [0.1, 0.15) is 47.0 Å². The second kappa shape index (κ2) is 3.98. The molecular formula is C20H24O7. The Labute approximate surface area is 156 Å². The molecule has 9 atom stereocenters. The fraction of sp³-hybridized carbons (Fsp3) is 0.800. The van der Waals surface area contributed by atoms with Crippen molar-refractivity contribution in [3.8, 4) is 0 Å². The molecule has 0 amide bonds. The van der Waals surface area contributed by atoms with E-state index in [4.69, 9.17) is 14.2 Å². The Bertz CT molecular complexity index is 876. The zero-order valence-electron chi connectivity index (χ0n) is 15.9. The first-order valence-corrected chi connectivity index (χ1v) is 9.78. The van der Waals surface area contributed by atoms with Crippen LogP contribution < -0.4 is 0 Å². The monoisotopic (exact) mass is 376 g/mol. The number of hydrogen-bond donors (Lipinski definition) is 2. The summed E-state index contributed by atoms with van der Waals surface area (Å²) in [5.74, 6) is -1.95. The van der Waals surface area contributed by atoms with Gasteiger partial charge in [-0.25, -0.2) is 4.79 Å². The lowest BCUT2D eigenvalue weighted by molar-refractivity contribution is -0.331. The Morgan fingerprint density at radius 1 is 1.15 bits per heavy atom. The number of carbonyl (C=O) groups is 2. The van der Waals surface area contributed by atoms with Gasteiger partial charge in [0.2, 0.25) is 0 Å². The highest BCUT2D eigenvalue weighted by atomic mass is 16.7. The predicted octanol–water partition coefficient (Wildman–Crippen LogP) is 1.18. The molecular weight excluding hydrogens is 352 g/mol. The minimum Gasteiger partial charge on any atom is -0.511 e. The van der Waals surface area contributed by atoms with Crippen molar-refractivity contribution in [2.45, 2.75) is 81.1 Å². The van der Waals surface area contributed by atoms with Gasteiger partial charge in [0.05, 0.1) is 11.5 Å². The summed E-state index contributed by atoms with van der Waals surface area (Å²) in [7, 11) is 0. The second-order valence-corrected chi connectivity index (χ2v) is 9.96. The molecule has 7 rings (SSSR count). The number of Topliss-reactive ketones (excluding diaryl/α,β-unsaturated/α-hetero) is 1. The van der Waals surface area contributed by atoms with E-state index in [1.54, 1.807) is 13.8 Å². The zero-order chi connectivity index (χ0) is 19.4. The molecule has 4 bridgehead atoms. The maximum absolute atomic E-state index is 13.4. The zero-order valence-corrected chi connectivity index (χ0v) is 15.9. The van der Waals surface area contributed by atoms with Crippen molar-refractivity contribution in [1.29, 1.82) is 0 Å². The SMILES string of the molecule is CC1CC(C)C(O)=C2C(=O)OC34CC(C)(O)C5(C)OC23C(CC42OC52)C1=O. The number of allylic oxidation sites excluding steroid dienone is 1. The third kappa shape index (κ3) is 1.29. The van der Waals surface area contributed by atoms with Crippen molar-refractivity contribution in [3.05, 3.63) is 11.3 Å². The van der Waals surface area contributed by atoms with Gasteiger partial charge in [-0.05, 0) is 26.7 Å². The first-order chi connectivity index (χ1) is 12.5. The van der Waals surface area contributed by atoms with E-state index < -0.39 is 46.0 Å². The molecule has 3 spiro atoms. The number of carbonyl (C=O) groups excluding carboxylic acids is 2. The normalized spacial score (nSPS) is 62.7. The van der Waals surface area contributed by atoms with Crippen molar-refractivity contribution in [3.63, 3.8) is 0 Å². The smallest absolute Gasteiger partial charge is 0.341 e. The van der Waals surface area contributed by atoms with Crippen LogP contribution in [0.5, 0.6) is 0 Å². The molecule has 0 aromatic rings. The third-order valence-corrected chi connectivity index (χ3v) is 8.61. The number of ether oxygens (including phenoxy) is 3. The molecule has 4 heterocycles. The number of epoxide rings is 1. The lowest BCUT2D eigenvalue weighted by atomic mass is 9.55. The fourth-order valence-corrected chi connectivity index (χ4v) is 7.21. The molecule has 3 aliphatic carbocycles. The van der Waals surface area contributed by atoms with E-state index in [1.807, 2.05) is 13.8 Å². The van der Waals surface area contributed by atoms with Gasteiger partial charge >= 0.3 is 5.97 Å². The maximum Gasteiger partial charge on any atom is 0.341 e. The van der Waals surface area contributed by atoms with E-state index in [0.717, 1.165) is 0 Å². The molecule has 146 valence electrons. The molecule has 0 radical (unpaired) electrons. The van der Waals surface area contributed by atoms with Crippen LogP contribution in [0.2, 0.25) is 0 Å². The molecule has 7 aliphatic rings. The van der Waals surface area contributed by atoms with Crippen LogP contribution >= 0.6 is 0 Å². The Kier molecular flexibility index (Phi) is 2.43. The minimum absolute atomic E-state index is 0.0199. The van der Waals surface area contributed by atoms with E-state index in [-0.39, 0.29) is 35.4 Å². The molecule has 7 nitrogen and oxygen atoms in total. The third-order valence-electron chi connectivity index (χ3n) is 8.61. The average molecular weight is 376 g/mol. The van der Waals surface area contributed by atoms with Gasteiger partial charge in [0.1, 0.15) is 34.4 Å². The number of rotatable bonds is 0. The molecule has 0 aromatic heterocycles. The number of esters is 1. The van der Waals surface area contributed by atoms with Crippen LogP contribution in [0.4, 0.5) is 0 Å². The van der Waals surface area contributed by atoms with Gasteiger partial charge in [-0.1, -0.05) is 13.8 Å². The van der Waals surface area contributed by atoms with Crippen molar-refractivity contribution in [1.82, 2.24) is 0 Å².